The molecule has 31 heavy (non-hydrogen) atoms. The van der Waals surface area contributed by atoms with Crippen molar-refractivity contribution in [3.63, 3.8) is 0 Å². The molecule has 0 aliphatic rings. The van der Waals surface area contributed by atoms with Crippen LogP contribution in [0.1, 0.15) is 5.56 Å². The van der Waals surface area contributed by atoms with Gasteiger partial charge in [-0.25, -0.2) is 9.07 Å². The summed E-state index contributed by atoms with van der Waals surface area (Å²) >= 11 is 0. The summed E-state index contributed by atoms with van der Waals surface area (Å²) in [4.78, 5) is 12.2. The molecule has 0 saturated heterocycles. The van der Waals surface area contributed by atoms with Gasteiger partial charge in [0.15, 0.2) is 6.61 Å². The summed E-state index contributed by atoms with van der Waals surface area (Å²) in [5.41, 5.74) is 1.66. The number of halogens is 1. The maximum atomic E-state index is 14.0. The Bertz CT molecular complexity index is 1160. The van der Waals surface area contributed by atoms with Gasteiger partial charge in [0.25, 0.3) is 5.91 Å². The number of carbonyl (C=O) groups excluding carboxylic acids is 1. The zero-order valence-electron chi connectivity index (χ0n) is 16.5. The first kappa shape index (κ1) is 20.0. The van der Waals surface area contributed by atoms with Crippen molar-refractivity contribution in [3.8, 4) is 22.9 Å². The molecule has 0 unspecified atom stereocenters. The van der Waals surface area contributed by atoms with Gasteiger partial charge in [0.05, 0.1) is 11.4 Å². The summed E-state index contributed by atoms with van der Waals surface area (Å²) in [6.45, 7) is 1.72. The number of nitrogens with one attached hydrogen (secondary N) is 1. The summed E-state index contributed by atoms with van der Waals surface area (Å²) in [5.74, 6) is 0.761. The van der Waals surface area contributed by atoms with Gasteiger partial charge in [-0.2, -0.15) is 0 Å². The van der Waals surface area contributed by atoms with Gasteiger partial charge in [0.2, 0.25) is 0 Å². The Labute approximate surface area is 177 Å². The highest BCUT2D eigenvalue weighted by Crippen LogP contribution is 2.24. The first-order chi connectivity index (χ1) is 15.1. The van der Waals surface area contributed by atoms with E-state index in [1.165, 1.54) is 29.2 Å². The number of anilines is 1. The molecule has 3 aromatic carbocycles. The lowest BCUT2D eigenvalue weighted by molar-refractivity contribution is -0.118. The number of ether oxygens (including phenoxy) is 2. The van der Waals surface area contributed by atoms with E-state index in [0.717, 1.165) is 11.3 Å². The van der Waals surface area contributed by atoms with E-state index < -0.39 is 11.7 Å². The van der Waals surface area contributed by atoms with Crippen LogP contribution in [0, 0.1) is 12.7 Å². The fraction of sp³-hybridized carbons (Fsp3) is 0.0909. The highest BCUT2D eigenvalue weighted by molar-refractivity contribution is 5.92. The number of rotatable bonds is 7. The van der Waals surface area contributed by atoms with Crippen LogP contribution in [0.2, 0.25) is 0 Å². The molecule has 0 atom stereocenters. The summed E-state index contributed by atoms with van der Waals surface area (Å²) in [6, 6.07) is 18.7. The molecule has 0 bridgehead atoms. The first-order valence-electron chi connectivity index (χ1n) is 9.37. The Morgan fingerprint density at radius 3 is 2.35 bits per heavy atom. The molecule has 1 N–H and O–H groups in total. The smallest absolute Gasteiger partial charge is 0.262 e. The Kier molecular flexibility index (Phi) is 5.84. The van der Waals surface area contributed by atoms with Gasteiger partial charge in [-0.05, 0) is 71.9 Å². The number of benzene rings is 3. The van der Waals surface area contributed by atoms with Crippen LogP contribution >= 0.6 is 0 Å². The van der Waals surface area contributed by atoms with E-state index >= 15 is 0 Å². The number of carbonyl (C=O) groups is 1. The second kappa shape index (κ2) is 9.04. The molecule has 8 nitrogen and oxygen atoms in total. The standard InChI is InChI=1S/C22H18FN5O3/c1-15-2-5-18(6-3-15)31-19-9-7-17(8-10-19)30-13-22(29)25-21-12-16(4-11-20(21)23)28-14-24-26-27-28/h2-12,14H,13H2,1H3,(H,25,29). The molecule has 4 rings (SSSR count). The second-order valence-corrected chi connectivity index (χ2v) is 6.64. The largest absolute Gasteiger partial charge is 0.484 e. The van der Waals surface area contributed by atoms with Crippen LogP contribution in [0.5, 0.6) is 17.2 Å². The molecule has 0 radical (unpaired) electrons. The van der Waals surface area contributed by atoms with Crippen molar-refractivity contribution in [1.82, 2.24) is 20.2 Å². The molecule has 1 amide bonds. The monoisotopic (exact) mass is 419 g/mol. The highest BCUT2D eigenvalue weighted by atomic mass is 19.1. The van der Waals surface area contributed by atoms with Crippen molar-refractivity contribution in [2.75, 3.05) is 11.9 Å². The molecule has 0 fully saturated rings. The minimum Gasteiger partial charge on any atom is -0.484 e. The lowest BCUT2D eigenvalue weighted by atomic mass is 10.2. The van der Waals surface area contributed by atoms with E-state index in [2.05, 4.69) is 20.8 Å². The summed E-state index contributed by atoms with van der Waals surface area (Å²) in [6.07, 6.45) is 1.37. The second-order valence-electron chi connectivity index (χ2n) is 6.64. The van der Waals surface area contributed by atoms with E-state index in [4.69, 9.17) is 9.47 Å². The number of hydrogen-bond acceptors (Lipinski definition) is 6. The third-order valence-electron chi connectivity index (χ3n) is 4.29. The zero-order chi connectivity index (χ0) is 21.6. The average Bonchev–Trinajstić information content (AvgIpc) is 3.31. The SMILES string of the molecule is Cc1ccc(Oc2ccc(OCC(=O)Nc3cc(-n4cnnn4)ccc3F)cc2)cc1. The summed E-state index contributed by atoms with van der Waals surface area (Å²) in [7, 11) is 0. The molecular formula is C22H18FN5O3. The van der Waals surface area contributed by atoms with Crippen LogP contribution in [0.4, 0.5) is 10.1 Å². The molecular weight excluding hydrogens is 401 g/mol. The molecule has 1 aromatic heterocycles. The molecule has 156 valence electrons. The van der Waals surface area contributed by atoms with E-state index in [1.807, 2.05) is 31.2 Å². The predicted molar refractivity (Wildman–Crippen MR) is 111 cm³/mol. The van der Waals surface area contributed by atoms with Crippen molar-refractivity contribution in [1.29, 1.82) is 0 Å². The lowest BCUT2D eigenvalue weighted by Gasteiger charge is -2.10. The normalized spacial score (nSPS) is 10.5. The molecule has 0 spiro atoms. The zero-order valence-corrected chi connectivity index (χ0v) is 16.5. The van der Waals surface area contributed by atoms with Crippen LogP contribution in [0.15, 0.2) is 73.1 Å². The minimum absolute atomic E-state index is 0.00319. The topological polar surface area (TPSA) is 91.2 Å². The van der Waals surface area contributed by atoms with Crippen LogP contribution < -0.4 is 14.8 Å². The van der Waals surface area contributed by atoms with Crippen LogP contribution in [0.3, 0.4) is 0 Å². The Balaban J connectivity index is 1.32. The number of aryl methyl sites for hydroxylation is 1. The Hall–Kier alpha value is -4.27. The van der Waals surface area contributed by atoms with E-state index in [9.17, 15) is 9.18 Å². The van der Waals surface area contributed by atoms with Gasteiger partial charge < -0.3 is 14.8 Å². The van der Waals surface area contributed by atoms with E-state index in [0.29, 0.717) is 17.2 Å². The van der Waals surface area contributed by atoms with E-state index in [-0.39, 0.29) is 12.3 Å². The lowest BCUT2D eigenvalue weighted by Crippen LogP contribution is -2.21. The third-order valence-corrected chi connectivity index (χ3v) is 4.29. The number of nitrogens with zero attached hydrogens (tertiary/aromatic N) is 4. The number of amides is 1. The summed E-state index contributed by atoms with van der Waals surface area (Å²) in [5, 5.41) is 13.3. The maximum Gasteiger partial charge on any atom is 0.262 e. The van der Waals surface area contributed by atoms with Gasteiger partial charge in [0, 0.05) is 0 Å². The highest BCUT2D eigenvalue weighted by Gasteiger charge is 2.10. The first-order valence-corrected chi connectivity index (χ1v) is 9.37. The van der Waals surface area contributed by atoms with Crippen molar-refractivity contribution in [2.24, 2.45) is 0 Å². The molecule has 4 aromatic rings. The molecule has 0 aliphatic carbocycles. The molecule has 0 aliphatic heterocycles. The molecule has 1 heterocycles. The van der Waals surface area contributed by atoms with Crippen molar-refractivity contribution in [3.05, 3.63) is 84.4 Å². The van der Waals surface area contributed by atoms with Gasteiger partial charge in [-0.3, -0.25) is 4.79 Å². The Morgan fingerprint density at radius 1 is 1.00 bits per heavy atom. The van der Waals surface area contributed by atoms with Crippen LogP contribution in [0.25, 0.3) is 5.69 Å². The summed E-state index contributed by atoms with van der Waals surface area (Å²) < 4.78 is 26.6. The van der Waals surface area contributed by atoms with Gasteiger partial charge in [0.1, 0.15) is 29.4 Å². The number of tetrazole rings is 1. The third kappa shape index (κ3) is 5.21. The van der Waals surface area contributed by atoms with E-state index in [1.54, 1.807) is 24.3 Å². The van der Waals surface area contributed by atoms with Crippen molar-refractivity contribution >= 4 is 11.6 Å². The Morgan fingerprint density at radius 2 is 1.68 bits per heavy atom. The average molecular weight is 419 g/mol. The quantitative estimate of drug-likeness (QED) is 0.488. The van der Waals surface area contributed by atoms with Crippen molar-refractivity contribution < 1.29 is 18.7 Å². The fourth-order valence-corrected chi connectivity index (χ4v) is 2.71. The fourth-order valence-electron chi connectivity index (χ4n) is 2.71. The predicted octanol–water partition coefficient (Wildman–Crippen LogP) is 3.92. The number of aromatic nitrogens is 4. The molecule has 9 heteroatoms. The molecule has 0 saturated carbocycles. The van der Waals surface area contributed by atoms with Crippen molar-refractivity contribution in [2.45, 2.75) is 6.92 Å². The van der Waals surface area contributed by atoms with Gasteiger partial charge >= 0.3 is 0 Å². The maximum absolute atomic E-state index is 14.0. The van der Waals surface area contributed by atoms with Crippen LogP contribution in [-0.2, 0) is 4.79 Å². The minimum atomic E-state index is -0.581. The van der Waals surface area contributed by atoms with Gasteiger partial charge in [-0.15, -0.1) is 5.10 Å². The number of hydrogen-bond donors (Lipinski definition) is 1. The van der Waals surface area contributed by atoms with Crippen LogP contribution in [-0.4, -0.2) is 32.7 Å². The van der Waals surface area contributed by atoms with Gasteiger partial charge in [-0.1, -0.05) is 17.7 Å².